The van der Waals surface area contributed by atoms with Crippen LogP contribution in [-0.4, -0.2) is 81.4 Å². The van der Waals surface area contributed by atoms with E-state index in [9.17, 15) is 31.4 Å². The molecule has 2 aliphatic heterocycles. The molecular weight excluding hydrogens is 799 g/mol. The fourth-order valence-electron chi connectivity index (χ4n) is 7.24. The molecule has 3 N–H and O–H groups in total. The lowest BCUT2D eigenvalue weighted by atomic mass is 9.60. The van der Waals surface area contributed by atoms with Crippen LogP contribution in [0.15, 0.2) is 72.8 Å². The second-order valence-corrected chi connectivity index (χ2v) is 13.9. The van der Waals surface area contributed by atoms with Crippen LogP contribution >= 0.6 is 40.5 Å². The first-order chi connectivity index (χ1) is 25.4. The van der Waals surface area contributed by atoms with Crippen LogP contribution < -0.4 is 19.5 Å². The predicted molar refractivity (Wildman–Crippen MR) is 222 cm³/mol. The molecule has 3 fully saturated rings. The molecule has 3 aliphatic rings. The van der Waals surface area contributed by atoms with Gasteiger partial charge in [0.2, 0.25) is 0 Å². The number of methoxy groups -OCH3 is 1. The zero-order valence-corrected chi connectivity index (χ0v) is 34.9. The molecule has 0 spiro atoms. The third-order valence-electron chi connectivity index (χ3n) is 10.3. The Balaban J connectivity index is 0.000000583. The fraction of sp³-hybridized carbons (Fsp3) is 0.550. The molecule has 1 saturated carbocycles. The Labute approximate surface area is 347 Å². The first-order valence-electron chi connectivity index (χ1n) is 18.2. The van der Waals surface area contributed by atoms with E-state index >= 15 is 0 Å². The molecule has 2 heterocycles. The van der Waals surface area contributed by atoms with Crippen LogP contribution in [0.1, 0.15) is 61.6 Å². The maximum absolute atomic E-state index is 12.7. The summed E-state index contributed by atoms with van der Waals surface area (Å²) in [4.78, 5) is 2.30. The second kappa shape index (κ2) is 24.5. The van der Waals surface area contributed by atoms with E-state index in [1.54, 1.807) is 7.11 Å². The highest BCUT2D eigenvalue weighted by Crippen LogP contribution is 2.49. The SMILES string of the molecule is CO.COc1ccccc1C1([C@H](O)CN2CCC[C@H](COc3ccc(C(F)(F)F)cc3)C2)CCC1.FC(F)(F)c1ccc(OC[C@H]2CCCNC2)cc1.S.S.S. The summed E-state index contributed by atoms with van der Waals surface area (Å²) in [6.45, 7) is 5.29. The molecule has 3 aromatic rings. The maximum atomic E-state index is 12.7. The molecule has 0 amide bonds. The van der Waals surface area contributed by atoms with Crippen molar-refractivity contribution in [3.63, 3.8) is 0 Å². The van der Waals surface area contributed by atoms with Crippen molar-refractivity contribution in [2.45, 2.75) is 68.8 Å². The number of likely N-dealkylation sites (tertiary alicyclic amines) is 1. The van der Waals surface area contributed by atoms with Gasteiger partial charge in [-0.25, -0.2) is 0 Å². The molecule has 16 heteroatoms. The van der Waals surface area contributed by atoms with E-state index in [0.29, 0.717) is 37.2 Å². The summed E-state index contributed by atoms with van der Waals surface area (Å²) in [5.74, 6) is 2.49. The molecule has 0 unspecified atom stereocenters. The average Bonchev–Trinajstić information content (AvgIpc) is 3.14. The van der Waals surface area contributed by atoms with Gasteiger partial charge < -0.3 is 34.6 Å². The van der Waals surface area contributed by atoms with Gasteiger partial charge in [-0.1, -0.05) is 24.6 Å². The molecule has 0 aromatic heterocycles. The minimum Gasteiger partial charge on any atom is -0.496 e. The molecule has 2 saturated heterocycles. The molecule has 56 heavy (non-hydrogen) atoms. The topological polar surface area (TPSA) is 83.4 Å². The molecule has 1 aliphatic carbocycles. The van der Waals surface area contributed by atoms with E-state index in [1.807, 2.05) is 18.2 Å². The van der Waals surface area contributed by atoms with Gasteiger partial charge in [-0.3, -0.25) is 0 Å². The lowest BCUT2D eigenvalue weighted by Crippen LogP contribution is -2.52. The van der Waals surface area contributed by atoms with Crippen LogP contribution in [-0.2, 0) is 17.8 Å². The Hall–Kier alpha value is -2.47. The number of aliphatic hydroxyl groups excluding tert-OH is 2. The zero-order chi connectivity index (χ0) is 38.5. The van der Waals surface area contributed by atoms with Crippen LogP contribution in [0.3, 0.4) is 0 Å². The lowest BCUT2D eigenvalue weighted by Gasteiger charge is -2.48. The van der Waals surface area contributed by atoms with Crippen molar-refractivity contribution >= 4 is 40.5 Å². The Bertz CT molecular complexity index is 1510. The molecular formula is C40H58F6N2O5S3. The number of nitrogens with one attached hydrogen (secondary N) is 1. The van der Waals surface area contributed by atoms with Crippen molar-refractivity contribution in [2.75, 3.05) is 60.2 Å². The van der Waals surface area contributed by atoms with E-state index in [4.69, 9.17) is 19.3 Å². The summed E-state index contributed by atoms with van der Waals surface area (Å²) < 4.78 is 92.1. The zero-order valence-electron chi connectivity index (χ0n) is 31.9. The number of nitrogens with zero attached hydrogens (tertiary/aromatic N) is 1. The summed E-state index contributed by atoms with van der Waals surface area (Å²) in [6, 6.07) is 17.7. The number of hydrogen-bond acceptors (Lipinski definition) is 7. The predicted octanol–water partition coefficient (Wildman–Crippen LogP) is 8.32. The van der Waals surface area contributed by atoms with Crippen molar-refractivity contribution in [1.29, 1.82) is 0 Å². The van der Waals surface area contributed by atoms with Gasteiger partial charge >= 0.3 is 12.4 Å². The first kappa shape index (κ1) is 51.5. The van der Waals surface area contributed by atoms with Crippen molar-refractivity contribution in [3.8, 4) is 17.2 Å². The summed E-state index contributed by atoms with van der Waals surface area (Å²) in [7, 11) is 2.67. The smallest absolute Gasteiger partial charge is 0.416 e. The first-order valence-corrected chi connectivity index (χ1v) is 18.2. The number of para-hydroxylation sites is 1. The number of hydrogen-bond donors (Lipinski definition) is 3. The highest BCUT2D eigenvalue weighted by atomic mass is 32.1. The minimum absolute atomic E-state index is 0. The third kappa shape index (κ3) is 14.7. The number of β-amino-alcohol motifs (C(OH)–C–C–N with tert-alkyl or cyclic N) is 1. The second-order valence-electron chi connectivity index (χ2n) is 13.9. The molecule has 0 radical (unpaired) electrons. The fourth-order valence-corrected chi connectivity index (χ4v) is 7.24. The summed E-state index contributed by atoms with van der Waals surface area (Å²) in [5.41, 5.74) is -0.497. The number of halogens is 6. The Morgan fingerprint density at radius 1 is 0.750 bits per heavy atom. The summed E-state index contributed by atoms with van der Waals surface area (Å²) >= 11 is 0. The van der Waals surface area contributed by atoms with Crippen LogP contribution in [0.2, 0.25) is 0 Å². The third-order valence-corrected chi connectivity index (χ3v) is 10.3. The van der Waals surface area contributed by atoms with Crippen molar-refractivity contribution in [3.05, 3.63) is 89.5 Å². The van der Waals surface area contributed by atoms with Crippen molar-refractivity contribution in [1.82, 2.24) is 10.2 Å². The molecule has 0 bridgehead atoms. The van der Waals surface area contributed by atoms with Crippen LogP contribution in [0.5, 0.6) is 17.2 Å². The van der Waals surface area contributed by atoms with Crippen molar-refractivity contribution in [2.24, 2.45) is 11.8 Å². The quantitative estimate of drug-likeness (QED) is 0.168. The number of benzene rings is 3. The van der Waals surface area contributed by atoms with Gasteiger partial charge in [0.25, 0.3) is 0 Å². The van der Waals surface area contributed by atoms with E-state index in [0.717, 1.165) is 114 Å². The van der Waals surface area contributed by atoms with Crippen LogP contribution in [0.25, 0.3) is 0 Å². The number of rotatable bonds is 11. The number of piperidine rings is 2. The van der Waals surface area contributed by atoms with Gasteiger partial charge in [0.15, 0.2) is 0 Å². The normalized spacial score (nSPS) is 19.6. The Morgan fingerprint density at radius 2 is 1.27 bits per heavy atom. The summed E-state index contributed by atoms with van der Waals surface area (Å²) in [6.07, 6.45) is -1.88. The standard InChI is InChI=1S/C26H32F3NO3.C13H16F3NO.CH4O.3H2S/c1-32-23-8-3-2-7-22(23)25(13-5-14-25)24(31)17-30-15-4-6-19(16-30)18-33-21-11-9-20(10-12-21)26(27,28)29;14-13(15,16)11-3-5-12(6-4-11)18-9-10-2-1-7-17-8-10;1-2;;;/h2-3,7-12,19,24,31H,4-6,13-18H2,1H3;3-6,10,17H,1-2,7-9H2;2H,1H3;3*1H2/t19-,24+;10-;;;;/m00..../s1. The summed E-state index contributed by atoms with van der Waals surface area (Å²) in [5, 5.41) is 21.6. The highest BCUT2D eigenvalue weighted by molar-refractivity contribution is 7.59. The minimum atomic E-state index is -4.34. The molecule has 3 aromatic carbocycles. The largest absolute Gasteiger partial charge is 0.496 e. The number of ether oxygens (including phenoxy) is 3. The van der Waals surface area contributed by atoms with Crippen LogP contribution in [0, 0.1) is 11.8 Å². The molecule has 7 nitrogen and oxygen atoms in total. The number of alkyl halides is 6. The van der Waals surface area contributed by atoms with Gasteiger partial charge in [0.05, 0.1) is 37.6 Å². The van der Waals surface area contributed by atoms with Gasteiger partial charge in [0.1, 0.15) is 17.2 Å². The van der Waals surface area contributed by atoms with Gasteiger partial charge in [-0.2, -0.15) is 66.8 Å². The monoisotopic (exact) mass is 856 g/mol. The molecule has 3 atom stereocenters. The highest BCUT2D eigenvalue weighted by Gasteiger charge is 2.47. The van der Waals surface area contributed by atoms with Crippen LogP contribution in [0.4, 0.5) is 26.3 Å². The van der Waals surface area contributed by atoms with Crippen molar-refractivity contribution < 1.29 is 50.8 Å². The van der Waals surface area contributed by atoms with E-state index in [2.05, 4.69) is 16.3 Å². The molecule has 318 valence electrons. The maximum Gasteiger partial charge on any atom is 0.416 e. The van der Waals surface area contributed by atoms with Gasteiger partial charge in [-0.05, 0) is 106 Å². The van der Waals surface area contributed by atoms with E-state index < -0.39 is 29.6 Å². The van der Waals surface area contributed by atoms with Gasteiger partial charge in [0, 0.05) is 49.6 Å². The van der Waals surface area contributed by atoms with E-state index in [1.165, 1.54) is 24.3 Å². The Kier molecular flexibility index (Phi) is 22.5. The lowest BCUT2D eigenvalue weighted by molar-refractivity contribution is -0.138. The average molecular weight is 857 g/mol. The van der Waals surface area contributed by atoms with E-state index in [-0.39, 0.29) is 51.8 Å². The number of aliphatic hydroxyl groups is 2. The molecule has 6 rings (SSSR count). The Morgan fingerprint density at radius 3 is 1.73 bits per heavy atom. The van der Waals surface area contributed by atoms with Gasteiger partial charge in [-0.15, -0.1) is 0 Å².